The molecule has 0 saturated carbocycles. The minimum absolute atomic E-state index is 0.00610. The van der Waals surface area contributed by atoms with Crippen LogP contribution in [0.4, 0.5) is 0 Å². The van der Waals surface area contributed by atoms with E-state index in [1.165, 1.54) is 5.57 Å². The van der Waals surface area contributed by atoms with E-state index < -0.39 is 0 Å². The predicted octanol–water partition coefficient (Wildman–Crippen LogP) is 3.49. The van der Waals surface area contributed by atoms with Crippen LogP contribution in [0.25, 0.3) is 0 Å². The highest BCUT2D eigenvalue weighted by molar-refractivity contribution is 5.71. The minimum atomic E-state index is 0.00610. The fourth-order valence-electron chi connectivity index (χ4n) is 3.37. The van der Waals surface area contributed by atoms with Crippen molar-refractivity contribution in [3.63, 3.8) is 0 Å². The summed E-state index contributed by atoms with van der Waals surface area (Å²) in [5.41, 5.74) is 5.72. The van der Waals surface area contributed by atoms with Gasteiger partial charge in [0.2, 0.25) is 0 Å². The quantitative estimate of drug-likeness (QED) is 0.780. The van der Waals surface area contributed by atoms with Crippen molar-refractivity contribution in [3.05, 3.63) is 71.0 Å². The molecule has 2 aliphatic rings. The number of hydrogen-bond acceptors (Lipinski definition) is 5. The fraction of sp³-hybridized carbons (Fsp3) is 0.409. The molecule has 1 aliphatic carbocycles. The largest absolute Gasteiger partial charge is 0.388 e. The Bertz CT molecular complexity index is 737. The molecule has 146 valence electrons. The summed E-state index contributed by atoms with van der Waals surface area (Å²) in [6.45, 7) is 4.34. The number of hydrogen-bond donors (Lipinski definition) is 2. The number of aliphatic imine (C=N–C) groups is 1. The molecule has 5 nitrogen and oxygen atoms in total. The second-order valence-corrected chi connectivity index (χ2v) is 6.80. The van der Waals surface area contributed by atoms with Crippen LogP contribution in [0.3, 0.4) is 0 Å². The van der Waals surface area contributed by atoms with Crippen molar-refractivity contribution in [2.45, 2.75) is 26.4 Å². The number of ether oxygens (including phenoxy) is 1. The average molecular weight is 369 g/mol. The van der Waals surface area contributed by atoms with Crippen molar-refractivity contribution in [2.75, 3.05) is 28.3 Å². The van der Waals surface area contributed by atoms with Crippen molar-refractivity contribution in [1.29, 1.82) is 0 Å². The molecule has 2 atom stereocenters. The van der Waals surface area contributed by atoms with Crippen LogP contribution in [-0.4, -0.2) is 45.5 Å². The Kier molecular flexibility index (Phi) is 7.67. The second-order valence-electron chi connectivity index (χ2n) is 6.80. The number of allylic oxidation sites excluding steroid dienone is 5. The molecular weight excluding hydrogens is 336 g/mol. The molecule has 0 radical (unpaired) electrons. The lowest BCUT2D eigenvalue weighted by molar-refractivity contribution is 0.102. The molecule has 0 spiro atoms. The molecule has 0 bridgehead atoms. The summed E-state index contributed by atoms with van der Waals surface area (Å²) < 4.78 is 5.82. The SMILES string of the molecule is CNC1=CC(C)C(OC)C(/C(=C/C2=C(\C)C\C=C/C=N\C=C/N2C)NC)=C1. The number of rotatable bonds is 5. The highest BCUT2D eigenvalue weighted by Crippen LogP contribution is 2.30. The van der Waals surface area contributed by atoms with E-state index in [0.717, 1.165) is 29.1 Å². The number of nitrogens with one attached hydrogen (secondary N) is 2. The van der Waals surface area contributed by atoms with Gasteiger partial charge in [0.25, 0.3) is 0 Å². The Hall–Kier alpha value is -2.53. The monoisotopic (exact) mass is 368 g/mol. The first-order valence-corrected chi connectivity index (χ1v) is 9.33. The first-order chi connectivity index (χ1) is 13.0. The van der Waals surface area contributed by atoms with Gasteiger partial charge in [-0.1, -0.05) is 19.1 Å². The van der Waals surface area contributed by atoms with Gasteiger partial charge in [-0.15, -0.1) is 0 Å². The third-order valence-corrected chi connectivity index (χ3v) is 4.87. The molecule has 0 aromatic rings. The maximum Gasteiger partial charge on any atom is 0.0902 e. The standard InChI is InChI=1S/C22H32N4O/c1-16-9-7-8-10-25-11-12-26(5)21(16)15-20(24-4)19-14-18(23-3)13-17(2)22(19)27-6/h7-8,10-15,17,22-24H,9H2,1-6H3/b8-7-,12-11-,20-15-,21-16-,25-10-. The van der Waals surface area contributed by atoms with Crippen molar-refractivity contribution in [3.8, 4) is 0 Å². The van der Waals surface area contributed by atoms with Gasteiger partial charge in [0.15, 0.2) is 0 Å². The van der Waals surface area contributed by atoms with E-state index in [9.17, 15) is 0 Å². The van der Waals surface area contributed by atoms with Gasteiger partial charge in [-0.2, -0.15) is 0 Å². The van der Waals surface area contributed by atoms with Crippen molar-refractivity contribution >= 4 is 6.21 Å². The summed E-state index contributed by atoms with van der Waals surface area (Å²) >= 11 is 0. The first-order valence-electron chi connectivity index (χ1n) is 9.33. The summed E-state index contributed by atoms with van der Waals surface area (Å²) in [4.78, 5) is 6.35. The minimum Gasteiger partial charge on any atom is -0.388 e. The number of likely N-dealkylation sites (N-methyl/N-ethyl adjacent to an activating group) is 3. The van der Waals surface area contributed by atoms with Gasteiger partial charge < -0.3 is 20.3 Å². The molecule has 5 heteroatoms. The topological polar surface area (TPSA) is 48.9 Å². The van der Waals surface area contributed by atoms with Crippen molar-refractivity contribution in [2.24, 2.45) is 10.9 Å². The summed E-state index contributed by atoms with van der Waals surface area (Å²) in [5.74, 6) is 0.281. The van der Waals surface area contributed by atoms with E-state index >= 15 is 0 Å². The highest BCUT2D eigenvalue weighted by atomic mass is 16.5. The normalized spacial score (nSPS) is 30.1. The summed E-state index contributed by atoms with van der Waals surface area (Å²) in [5, 5.41) is 6.64. The van der Waals surface area contributed by atoms with E-state index in [4.69, 9.17) is 4.74 Å². The summed E-state index contributed by atoms with van der Waals surface area (Å²) in [7, 11) is 7.72. The third-order valence-electron chi connectivity index (χ3n) is 4.87. The van der Waals surface area contributed by atoms with Gasteiger partial charge >= 0.3 is 0 Å². The second kappa shape index (κ2) is 9.97. The van der Waals surface area contributed by atoms with Crippen molar-refractivity contribution in [1.82, 2.24) is 15.5 Å². The van der Waals surface area contributed by atoms with Gasteiger partial charge in [0, 0.05) is 75.4 Å². The van der Waals surface area contributed by atoms with Crippen LogP contribution < -0.4 is 10.6 Å². The van der Waals surface area contributed by atoms with Crippen molar-refractivity contribution < 1.29 is 4.74 Å². The summed E-state index contributed by atoms with van der Waals surface area (Å²) in [6, 6.07) is 0. The molecular formula is C22H32N4O. The lowest BCUT2D eigenvalue weighted by Crippen LogP contribution is -2.30. The highest BCUT2D eigenvalue weighted by Gasteiger charge is 2.26. The van der Waals surface area contributed by atoms with Crippen LogP contribution in [0.15, 0.2) is 76.0 Å². The Morgan fingerprint density at radius 2 is 2.15 bits per heavy atom. The van der Waals surface area contributed by atoms with E-state index in [1.807, 2.05) is 33.4 Å². The molecule has 1 heterocycles. The fourth-order valence-corrected chi connectivity index (χ4v) is 3.37. The zero-order chi connectivity index (χ0) is 19.8. The van der Waals surface area contributed by atoms with Crippen LogP contribution in [0.2, 0.25) is 0 Å². The molecule has 0 amide bonds. The summed E-state index contributed by atoms with van der Waals surface area (Å²) in [6.07, 6.45) is 17.1. The van der Waals surface area contributed by atoms with Crippen LogP contribution in [0, 0.1) is 5.92 Å². The molecule has 0 fully saturated rings. The van der Waals surface area contributed by atoms with Gasteiger partial charge in [0.1, 0.15) is 0 Å². The molecule has 2 rings (SSSR count). The maximum atomic E-state index is 5.82. The van der Waals surface area contributed by atoms with Crippen LogP contribution in [0.1, 0.15) is 20.3 Å². The maximum absolute atomic E-state index is 5.82. The smallest absolute Gasteiger partial charge is 0.0902 e. The molecule has 0 saturated heterocycles. The Balaban J connectivity index is 2.51. The molecule has 1 aliphatic heterocycles. The molecule has 2 N–H and O–H groups in total. The van der Waals surface area contributed by atoms with Gasteiger partial charge in [-0.05, 0) is 37.1 Å². The lowest BCUT2D eigenvalue weighted by atomic mass is 9.88. The molecule has 27 heavy (non-hydrogen) atoms. The van der Waals surface area contributed by atoms with Crippen LogP contribution in [-0.2, 0) is 4.74 Å². The van der Waals surface area contributed by atoms with Gasteiger partial charge in [-0.3, -0.25) is 4.99 Å². The number of nitrogens with zero attached hydrogens (tertiary/aromatic N) is 2. The van der Waals surface area contributed by atoms with Crippen LogP contribution >= 0.6 is 0 Å². The average Bonchev–Trinajstić information content (AvgIpc) is 2.66. The molecule has 0 aromatic heterocycles. The Morgan fingerprint density at radius 3 is 2.81 bits per heavy atom. The molecule has 0 aromatic carbocycles. The lowest BCUT2D eigenvalue weighted by Gasteiger charge is -2.30. The Labute approximate surface area is 163 Å². The number of methoxy groups -OCH3 is 1. The van der Waals surface area contributed by atoms with Gasteiger partial charge in [-0.25, -0.2) is 0 Å². The molecule has 2 unspecified atom stereocenters. The van der Waals surface area contributed by atoms with E-state index in [-0.39, 0.29) is 12.0 Å². The zero-order valence-corrected chi connectivity index (χ0v) is 17.3. The Morgan fingerprint density at radius 1 is 1.37 bits per heavy atom. The first kappa shape index (κ1) is 20.8. The van der Waals surface area contributed by atoms with E-state index in [0.29, 0.717) is 0 Å². The van der Waals surface area contributed by atoms with E-state index in [2.05, 4.69) is 58.7 Å². The van der Waals surface area contributed by atoms with E-state index in [1.54, 1.807) is 19.5 Å². The van der Waals surface area contributed by atoms with Crippen LogP contribution in [0.5, 0.6) is 0 Å². The predicted molar refractivity (Wildman–Crippen MR) is 114 cm³/mol. The van der Waals surface area contributed by atoms with Gasteiger partial charge in [0.05, 0.1) is 6.10 Å². The third kappa shape index (κ3) is 5.23. The zero-order valence-electron chi connectivity index (χ0n) is 17.3.